The molecule has 38 heavy (non-hydrogen) atoms. The lowest BCUT2D eigenvalue weighted by Gasteiger charge is -2.18. The van der Waals surface area contributed by atoms with E-state index in [0.717, 1.165) is 44.2 Å². The average molecular weight is 548 g/mol. The van der Waals surface area contributed by atoms with Gasteiger partial charge in [-0.2, -0.15) is 9.49 Å². The molecule has 0 radical (unpaired) electrons. The summed E-state index contributed by atoms with van der Waals surface area (Å²) in [5, 5.41) is 25.5. The average Bonchev–Trinajstić information content (AvgIpc) is 3.59. The highest BCUT2D eigenvalue weighted by molar-refractivity contribution is 7.13. The predicted octanol–water partition coefficient (Wildman–Crippen LogP) is 3.13. The Morgan fingerprint density at radius 1 is 1.26 bits per heavy atom. The van der Waals surface area contributed by atoms with Crippen molar-refractivity contribution in [1.29, 1.82) is 0 Å². The Bertz CT molecular complexity index is 1270. The van der Waals surface area contributed by atoms with Crippen molar-refractivity contribution in [1.82, 2.24) is 25.1 Å². The van der Waals surface area contributed by atoms with E-state index in [4.69, 9.17) is 15.9 Å². The number of halogens is 2. The van der Waals surface area contributed by atoms with Crippen LogP contribution in [0.25, 0.3) is 16.3 Å². The minimum atomic E-state index is -0.898. The molecule has 1 aliphatic rings. The third-order valence-electron chi connectivity index (χ3n) is 5.54. The molecule has 0 saturated heterocycles. The Morgan fingerprint density at radius 2 is 2.00 bits per heavy atom. The van der Waals surface area contributed by atoms with Crippen LogP contribution >= 0.6 is 11.3 Å². The second-order valence-corrected chi connectivity index (χ2v) is 9.24. The number of carbonyl (C=O) groups excluding carboxylic acids is 1. The fraction of sp³-hybridized carbons (Fsp3) is 0.400. The first-order valence-electron chi connectivity index (χ1n) is 12.2. The summed E-state index contributed by atoms with van der Waals surface area (Å²) < 4.78 is 29.6. The van der Waals surface area contributed by atoms with Crippen molar-refractivity contribution in [2.24, 2.45) is 10.7 Å². The normalized spacial score (nSPS) is 14.7. The fourth-order valence-electron chi connectivity index (χ4n) is 3.71. The Hall–Kier alpha value is -3.55. The number of aliphatic hydroxyl groups excluding tert-OH is 2. The number of carbonyl (C=O) groups is 1. The van der Waals surface area contributed by atoms with Gasteiger partial charge in [-0.25, -0.2) is 14.4 Å². The summed E-state index contributed by atoms with van der Waals surface area (Å²) in [5.74, 6) is -2.30. The van der Waals surface area contributed by atoms with Crippen molar-refractivity contribution in [2.75, 3.05) is 13.2 Å². The van der Waals surface area contributed by atoms with Crippen LogP contribution in [0, 0.1) is 11.8 Å². The lowest BCUT2D eigenvalue weighted by molar-refractivity contribution is 0.0964. The summed E-state index contributed by atoms with van der Waals surface area (Å²) in [7, 11) is 0. The minimum absolute atomic E-state index is 0.0166. The summed E-state index contributed by atoms with van der Waals surface area (Å²) in [6.45, 7) is 2.23. The Labute approximate surface area is 223 Å². The molecule has 1 fully saturated rings. The number of amides is 1. The molecule has 3 aromatic rings. The molecule has 13 heteroatoms. The third kappa shape index (κ3) is 7.97. The fourth-order valence-corrected chi connectivity index (χ4v) is 4.49. The summed E-state index contributed by atoms with van der Waals surface area (Å²) in [5.41, 5.74) is 6.31. The van der Waals surface area contributed by atoms with Crippen LogP contribution < -0.4 is 11.1 Å². The van der Waals surface area contributed by atoms with E-state index in [1.165, 1.54) is 17.6 Å². The molecule has 1 aliphatic carbocycles. The molecule has 3 heterocycles. The van der Waals surface area contributed by atoms with E-state index in [2.05, 4.69) is 25.4 Å². The number of rotatable bonds is 8. The summed E-state index contributed by atoms with van der Waals surface area (Å²) in [6.07, 6.45) is 9.77. The van der Waals surface area contributed by atoms with Gasteiger partial charge in [0.15, 0.2) is 5.82 Å². The quantitative estimate of drug-likeness (QED) is 0.250. The second-order valence-electron chi connectivity index (χ2n) is 8.39. The van der Waals surface area contributed by atoms with Gasteiger partial charge in [0, 0.05) is 30.0 Å². The predicted molar refractivity (Wildman–Crippen MR) is 141 cm³/mol. The zero-order valence-corrected chi connectivity index (χ0v) is 21.8. The second kappa shape index (κ2) is 14.4. The number of aliphatic imine (C=N–C) groups is 1. The van der Waals surface area contributed by atoms with Crippen LogP contribution in [-0.4, -0.2) is 61.3 Å². The number of hydrogen-bond donors (Lipinski definition) is 4. The van der Waals surface area contributed by atoms with Crippen LogP contribution in [0.1, 0.15) is 55.2 Å². The van der Waals surface area contributed by atoms with Crippen LogP contribution in [0.4, 0.5) is 8.78 Å². The molecule has 1 saturated carbocycles. The number of nitrogens with zero attached hydrogens (tertiary/aromatic N) is 5. The molecule has 0 atom stereocenters. The topological polar surface area (TPSA) is 152 Å². The first kappa shape index (κ1) is 29.0. The van der Waals surface area contributed by atoms with E-state index < -0.39 is 23.4 Å². The van der Waals surface area contributed by atoms with Gasteiger partial charge in [-0.3, -0.25) is 14.5 Å². The van der Waals surface area contributed by atoms with Crippen molar-refractivity contribution in [2.45, 2.75) is 51.6 Å². The summed E-state index contributed by atoms with van der Waals surface area (Å²) in [4.78, 5) is 25.4. The number of hydrogen-bond acceptors (Lipinski definition) is 9. The van der Waals surface area contributed by atoms with Crippen molar-refractivity contribution in [3.63, 3.8) is 0 Å². The van der Waals surface area contributed by atoms with E-state index in [1.807, 2.05) is 0 Å². The zero-order valence-electron chi connectivity index (χ0n) is 21.0. The van der Waals surface area contributed by atoms with Crippen LogP contribution in [0.2, 0.25) is 0 Å². The van der Waals surface area contributed by atoms with E-state index in [-0.39, 0.29) is 36.3 Å². The first-order chi connectivity index (χ1) is 18.4. The maximum Gasteiger partial charge on any atom is 0.275 e. The van der Waals surface area contributed by atoms with Crippen molar-refractivity contribution >= 4 is 29.2 Å². The van der Waals surface area contributed by atoms with Crippen LogP contribution in [0.15, 0.2) is 40.6 Å². The van der Waals surface area contributed by atoms with Crippen LogP contribution in [-0.2, 0) is 6.54 Å². The molecule has 5 N–H and O–H groups in total. The molecule has 1 amide bonds. The molecule has 0 aromatic carbocycles. The minimum Gasteiger partial charge on any atom is -0.397 e. The Kier molecular flexibility index (Phi) is 11.0. The molecule has 204 valence electrons. The number of thiazole rings is 1. The molecule has 0 bridgehead atoms. The van der Waals surface area contributed by atoms with Gasteiger partial charge >= 0.3 is 0 Å². The molecule has 4 rings (SSSR count). The van der Waals surface area contributed by atoms with Gasteiger partial charge in [-0.1, -0.05) is 19.3 Å². The lowest BCUT2D eigenvalue weighted by Crippen LogP contribution is -2.27. The van der Waals surface area contributed by atoms with E-state index in [9.17, 15) is 13.6 Å². The van der Waals surface area contributed by atoms with Crippen LogP contribution in [0.5, 0.6) is 0 Å². The SMILES string of the molecule is CCO.N/C(=C(\C=NC1CCCCC1)NC(=O)c1csc(-c2cnn(CCO)c2)n1)c1nc(F)ccc1F. The highest BCUT2D eigenvalue weighted by Crippen LogP contribution is 2.24. The lowest BCUT2D eigenvalue weighted by atomic mass is 9.96. The maximum atomic E-state index is 14.3. The van der Waals surface area contributed by atoms with Gasteiger partial charge < -0.3 is 21.3 Å². The number of aliphatic hydroxyl groups is 2. The summed E-state index contributed by atoms with van der Waals surface area (Å²) >= 11 is 1.24. The number of pyridine rings is 1. The standard InChI is InChI=1S/C23H25F2N7O2S.C2H6O/c24-16-6-7-19(25)31-21(16)20(26)17(11-27-15-4-2-1-3-5-15)29-22(34)18-13-35-23(30-18)14-10-28-32(12-14)8-9-33;1-2-3/h6-7,10-13,15,33H,1-5,8-9,26H2,(H,29,34);3H,2H2,1H3/b20-17+,27-11?;. The van der Waals surface area contributed by atoms with Gasteiger partial charge in [0.1, 0.15) is 16.4 Å². The third-order valence-corrected chi connectivity index (χ3v) is 6.43. The molecule has 3 aromatic heterocycles. The van der Waals surface area contributed by atoms with Gasteiger partial charge in [0.2, 0.25) is 5.95 Å². The molecule has 0 aliphatic heterocycles. The van der Waals surface area contributed by atoms with Gasteiger partial charge in [0.25, 0.3) is 5.91 Å². The van der Waals surface area contributed by atoms with Crippen molar-refractivity contribution < 1.29 is 23.8 Å². The molecular formula is C25H31F2N7O3S. The molecule has 0 unspecified atom stereocenters. The monoisotopic (exact) mass is 547 g/mol. The summed E-state index contributed by atoms with van der Waals surface area (Å²) in [6, 6.07) is 1.88. The molecular weight excluding hydrogens is 516 g/mol. The van der Waals surface area contributed by atoms with Gasteiger partial charge in [-0.15, -0.1) is 11.3 Å². The highest BCUT2D eigenvalue weighted by atomic mass is 32.1. The molecule has 0 spiro atoms. The van der Waals surface area contributed by atoms with Crippen molar-refractivity contribution in [3.8, 4) is 10.6 Å². The van der Waals surface area contributed by atoms with E-state index in [1.54, 1.807) is 29.4 Å². The van der Waals surface area contributed by atoms with E-state index >= 15 is 0 Å². The number of aromatic nitrogens is 4. The Balaban J connectivity index is 0.00000127. The number of nitrogens with two attached hydrogens (primary N) is 1. The van der Waals surface area contributed by atoms with E-state index in [0.29, 0.717) is 17.1 Å². The van der Waals surface area contributed by atoms with Crippen molar-refractivity contribution in [3.05, 3.63) is 58.8 Å². The van der Waals surface area contributed by atoms with Gasteiger partial charge in [0.05, 0.1) is 36.8 Å². The smallest absolute Gasteiger partial charge is 0.275 e. The first-order valence-corrected chi connectivity index (χ1v) is 13.1. The van der Waals surface area contributed by atoms with Gasteiger partial charge in [-0.05, 0) is 31.9 Å². The zero-order chi connectivity index (χ0) is 27.5. The number of nitrogens with one attached hydrogen (secondary N) is 1. The van der Waals surface area contributed by atoms with Crippen LogP contribution in [0.3, 0.4) is 0 Å². The molecule has 10 nitrogen and oxygen atoms in total. The largest absolute Gasteiger partial charge is 0.397 e. The number of allylic oxidation sites excluding steroid dienone is 1. The highest BCUT2D eigenvalue weighted by Gasteiger charge is 2.19. The Morgan fingerprint density at radius 3 is 2.71 bits per heavy atom. The maximum absolute atomic E-state index is 14.3.